The van der Waals surface area contributed by atoms with E-state index in [2.05, 4.69) is 10.3 Å². The second kappa shape index (κ2) is 9.14. The molecule has 0 atom stereocenters. The molecule has 0 spiro atoms. The molecule has 2 aromatic heterocycles. The van der Waals surface area contributed by atoms with Crippen LogP contribution in [0, 0.1) is 10.1 Å². The number of hydrogen-bond donors (Lipinski definition) is 1. The van der Waals surface area contributed by atoms with Gasteiger partial charge in [0.1, 0.15) is 0 Å². The SMILES string of the molecule is Cn1cnc([N+](=O)[O-])c1Sc1ccccc1C(=O)NCCn1ccc(=O)c2cc3c(cc21)OCO3. The van der Waals surface area contributed by atoms with Gasteiger partial charge in [0.25, 0.3) is 5.91 Å². The molecule has 11 nitrogen and oxygen atoms in total. The first-order valence-electron chi connectivity index (χ1n) is 10.6. The summed E-state index contributed by atoms with van der Waals surface area (Å²) in [7, 11) is 1.66. The number of carbonyl (C=O) groups is 1. The van der Waals surface area contributed by atoms with Crippen molar-refractivity contribution in [3.8, 4) is 11.5 Å². The quantitative estimate of drug-likeness (QED) is 0.307. The summed E-state index contributed by atoms with van der Waals surface area (Å²) < 4.78 is 14.2. The Morgan fingerprint density at radius 2 is 2.00 bits per heavy atom. The van der Waals surface area contributed by atoms with Gasteiger partial charge in [0.15, 0.2) is 22.0 Å². The fourth-order valence-corrected chi connectivity index (χ4v) is 4.81. The molecular formula is C23H19N5O6S. The number of amides is 1. The molecule has 0 saturated carbocycles. The van der Waals surface area contributed by atoms with Gasteiger partial charge in [-0.3, -0.25) is 9.59 Å². The highest BCUT2D eigenvalue weighted by molar-refractivity contribution is 7.99. The Balaban J connectivity index is 1.33. The normalized spacial score (nSPS) is 12.1. The third-order valence-electron chi connectivity index (χ3n) is 5.49. The number of aromatic nitrogens is 3. The van der Waals surface area contributed by atoms with Crippen molar-refractivity contribution in [2.24, 2.45) is 7.05 Å². The third kappa shape index (κ3) is 4.30. The summed E-state index contributed by atoms with van der Waals surface area (Å²) in [6.07, 6.45) is 3.04. The number of aryl methyl sites for hydroxylation is 1. The number of carbonyl (C=O) groups excluding carboxylic acids is 1. The summed E-state index contributed by atoms with van der Waals surface area (Å²) in [4.78, 5) is 40.4. The Morgan fingerprint density at radius 3 is 2.80 bits per heavy atom. The molecule has 178 valence electrons. The molecule has 0 radical (unpaired) electrons. The van der Waals surface area contributed by atoms with E-state index in [4.69, 9.17) is 9.47 Å². The fraction of sp³-hybridized carbons (Fsp3) is 0.174. The maximum atomic E-state index is 13.0. The van der Waals surface area contributed by atoms with Crippen LogP contribution in [-0.4, -0.2) is 38.3 Å². The number of ether oxygens (including phenoxy) is 2. The highest BCUT2D eigenvalue weighted by Gasteiger charge is 2.23. The van der Waals surface area contributed by atoms with Gasteiger partial charge in [-0.05, 0) is 28.1 Å². The standard InChI is InChI=1S/C23H19N5O6S/c1-26-12-25-21(28(31)32)23(26)35-20-5-3-2-4-14(20)22(30)24-7-9-27-8-6-17(29)15-10-18-19(11-16(15)27)34-13-33-18/h2-6,8,10-12H,7,9,13H2,1H3,(H,24,30). The van der Waals surface area contributed by atoms with Crippen LogP contribution in [-0.2, 0) is 13.6 Å². The minimum absolute atomic E-state index is 0.106. The largest absolute Gasteiger partial charge is 0.454 e. The molecule has 0 bridgehead atoms. The maximum absolute atomic E-state index is 13.0. The van der Waals surface area contributed by atoms with Gasteiger partial charge in [0.2, 0.25) is 13.1 Å². The molecule has 1 aliphatic heterocycles. The Morgan fingerprint density at radius 1 is 1.23 bits per heavy atom. The third-order valence-corrected chi connectivity index (χ3v) is 6.73. The van der Waals surface area contributed by atoms with Gasteiger partial charge in [0.05, 0.1) is 11.1 Å². The van der Waals surface area contributed by atoms with E-state index >= 15 is 0 Å². The molecule has 4 aromatic rings. The topological polar surface area (TPSA) is 131 Å². The van der Waals surface area contributed by atoms with Crippen molar-refractivity contribution in [3.63, 3.8) is 0 Å². The summed E-state index contributed by atoms with van der Waals surface area (Å²) in [5.41, 5.74) is 0.936. The number of pyridine rings is 1. The van der Waals surface area contributed by atoms with E-state index in [0.717, 1.165) is 11.8 Å². The lowest BCUT2D eigenvalue weighted by molar-refractivity contribution is -0.392. The number of rotatable bonds is 7. The number of imidazole rings is 1. The summed E-state index contributed by atoms with van der Waals surface area (Å²) in [5.74, 6) is 0.513. The second-order valence-electron chi connectivity index (χ2n) is 7.69. The van der Waals surface area contributed by atoms with Crippen molar-refractivity contribution >= 4 is 34.4 Å². The number of benzene rings is 2. The monoisotopic (exact) mass is 493 g/mol. The molecule has 0 aliphatic carbocycles. The van der Waals surface area contributed by atoms with E-state index in [0.29, 0.717) is 44.4 Å². The van der Waals surface area contributed by atoms with Crippen LogP contribution in [0.2, 0.25) is 0 Å². The van der Waals surface area contributed by atoms with Crippen LogP contribution < -0.4 is 20.2 Å². The maximum Gasteiger partial charge on any atom is 0.396 e. The van der Waals surface area contributed by atoms with Gasteiger partial charge in [-0.2, -0.15) is 0 Å². The van der Waals surface area contributed by atoms with Gasteiger partial charge in [-0.1, -0.05) is 23.9 Å². The molecular weight excluding hydrogens is 474 g/mol. The van der Waals surface area contributed by atoms with E-state index in [1.54, 1.807) is 54.2 Å². The zero-order chi connectivity index (χ0) is 24.5. The molecule has 1 amide bonds. The zero-order valence-electron chi connectivity index (χ0n) is 18.5. The van der Waals surface area contributed by atoms with Crippen LogP contribution >= 0.6 is 11.8 Å². The van der Waals surface area contributed by atoms with E-state index in [1.807, 2.05) is 4.57 Å². The number of nitro groups is 1. The van der Waals surface area contributed by atoms with Crippen molar-refractivity contribution in [2.75, 3.05) is 13.3 Å². The van der Waals surface area contributed by atoms with Crippen molar-refractivity contribution in [1.29, 1.82) is 0 Å². The van der Waals surface area contributed by atoms with Crippen molar-refractivity contribution < 1.29 is 19.2 Å². The lowest BCUT2D eigenvalue weighted by atomic mass is 10.2. The average Bonchev–Trinajstić information content (AvgIpc) is 3.46. The first-order valence-corrected chi connectivity index (χ1v) is 11.4. The smallest absolute Gasteiger partial charge is 0.396 e. The van der Waals surface area contributed by atoms with Crippen molar-refractivity contribution in [3.05, 3.63) is 80.9 Å². The molecule has 2 aromatic carbocycles. The molecule has 3 heterocycles. The van der Waals surface area contributed by atoms with Crippen LogP contribution in [0.5, 0.6) is 11.5 Å². The van der Waals surface area contributed by atoms with Crippen LogP contribution in [0.25, 0.3) is 10.9 Å². The van der Waals surface area contributed by atoms with Crippen LogP contribution in [0.4, 0.5) is 5.82 Å². The van der Waals surface area contributed by atoms with E-state index < -0.39 is 4.92 Å². The molecule has 5 rings (SSSR count). The molecule has 0 fully saturated rings. The van der Waals surface area contributed by atoms with Crippen LogP contribution in [0.1, 0.15) is 10.4 Å². The molecule has 1 N–H and O–H groups in total. The highest BCUT2D eigenvalue weighted by Crippen LogP contribution is 2.36. The summed E-state index contributed by atoms with van der Waals surface area (Å²) >= 11 is 1.11. The Hall–Kier alpha value is -4.32. The van der Waals surface area contributed by atoms with Crippen LogP contribution in [0.15, 0.2) is 69.7 Å². The average molecular weight is 494 g/mol. The molecule has 35 heavy (non-hydrogen) atoms. The highest BCUT2D eigenvalue weighted by atomic mass is 32.2. The summed E-state index contributed by atoms with van der Waals surface area (Å²) in [5, 5.41) is 15.0. The van der Waals surface area contributed by atoms with E-state index in [-0.39, 0.29) is 30.5 Å². The van der Waals surface area contributed by atoms with Gasteiger partial charge in [0, 0.05) is 48.7 Å². The van der Waals surface area contributed by atoms with Gasteiger partial charge in [-0.15, -0.1) is 0 Å². The van der Waals surface area contributed by atoms with E-state index in [9.17, 15) is 19.7 Å². The second-order valence-corrected chi connectivity index (χ2v) is 8.72. The van der Waals surface area contributed by atoms with Crippen molar-refractivity contribution in [2.45, 2.75) is 16.5 Å². The lowest BCUT2D eigenvalue weighted by Gasteiger charge is -2.13. The predicted molar refractivity (Wildman–Crippen MR) is 127 cm³/mol. The van der Waals surface area contributed by atoms with Gasteiger partial charge in [-0.25, -0.2) is 0 Å². The predicted octanol–water partition coefficient (Wildman–Crippen LogP) is 2.95. The molecule has 12 heteroatoms. The number of fused-ring (bicyclic) bond motifs is 2. The minimum atomic E-state index is -0.549. The van der Waals surface area contributed by atoms with E-state index in [1.165, 1.54) is 12.4 Å². The lowest BCUT2D eigenvalue weighted by Crippen LogP contribution is -2.28. The minimum Gasteiger partial charge on any atom is -0.454 e. The number of hydrogen-bond acceptors (Lipinski definition) is 8. The Labute approximate surface area is 202 Å². The first kappa shape index (κ1) is 22.5. The van der Waals surface area contributed by atoms with Gasteiger partial charge < -0.3 is 34.0 Å². The molecule has 1 aliphatic rings. The van der Waals surface area contributed by atoms with Crippen LogP contribution in [0.3, 0.4) is 0 Å². The number of nitrogens with zero attached hydrogens (tertiary/aromatic N) is 4. The van der Waals surface area contributed by atoms with Crippen molar-refractivity contribution in [1.82, 2.24) is 19.4 Å². The number of nitrogens with one attached hydrogen (secondary N) is 1. The summed E-state index contributed by atoms with van der Waals surface area (Å²) in [6, 6.07) is 11.8. The Kier molecular flexibility index (Phi) is 5.87. The summed E-state index contributed by atoms with van der Waals surface area (Å²) in [6.45, 7) is 0.802. The van der Waals surface area contributed by atoms with Gasteiger partial charge >= 0.3 is 5.82 Å². The zero-order valence-corrected chi connectivity index (χ0v) is 19.3. The molecule has 0 unspecified atom stereocenters. The molecule has 0 saturated heterocycles. The Bertz CT molecular complexity index is 1530. The fourth-order valence-electron chi connectivity index (χ4n) is 3.77. The first-order chi connectivity index (χ1) is 16.9.